The molecule has 0 aliphatic heterocycles. The van der Waals surface area contributed by atoms with Crippen molar-refractivity contribution < 1.29 is 29.0 Å². The number of carboxylic acids is 1. The van der Waals surface area contributed by atoms with Crippen LogP contribution in [-0.2, 0) is 14.3 Å². The zero-order valence-electron chi connectivity index (χ0n) is 17.4. The van der Waals surface area contributed by atoms with E-state index >= 15 is 0 Å². The second-order valence-corrected chi connectivity index (χ2v) is 8.21. The average molecular weight is 468 g/mol. The van der Waals surface area contributed by atoms with Crippen LogP contribution in [0.15, 0.2) is 54.7 Å². The van der Waals surface area contributed by atoms with E-state index in [1.165, 1.54) is 6.20 Å². The molecular weight excluding hydrogens is 446 g/mol. The van der Waals surface area contributed by atoms with Gasteiger partial charge in [-0.25, -0.2) is 14.6 Å². The van der Waals surface area contributed by atoms with Gasteiger partial charge in [0, 0.05) is 12.5 Å². The molecule has 0 saturated heterocycles. The van der Waals surface area contributed by atoms with E-state index in [1.807, 2.05) is 36.4 Å². The van der Waals surface area contributed by atoms with Crippen molar-refractivity contribution in [2.75, 3.05) is 31.7 Å². The Kier molecular flexibility index (Phi) is 6.96. The third-order valence-corrected chi connectivity index (χ3v) is 5.95. The van der Waals surface area contributed by atoms with Crippen LogP contribution in [0.2, 0.25) is 0 Å². The third kappa shape index (κ3) is 5.36. The minimum absolute atomic E-state index is 0.0517. The van der Waals surface area contributed by atoms with E-state index in [2.05, 4.69) is 27.8 Å². The lowest BCUT2D eigenvalue weighted by Crippen LogP contribution is -2.27. The number of aromatic nitrogens is 1. The Morgan fingerprint density at radius 1 is 1.03 bits per heavy atom. The largest absolute Gasteiger partial charge is 0.480 e. The first-order valence-corrected chi connectivity index (χ1v) is 11.0. The first-order valence-electron chi connectivity index (χ1n) is 10.2. The predicted octanol–water partition coefficient (Wildman–Crippen LogP) is 3.34. The molecule has 170 valence electrons. The van der Waals surface area contributed by atoms with Gasteiger partial charge in [0.05, 0.1) is 12.8 Å². The Bertz CT molecular complexity index is 1130. The molecule has 3 N–H and O–H groups in total. The number of thiazole rings is 1. The fourth-order valence-electron chi connectivity index (χ4n) is 3.64. The molecule has 0 bridgehead atoms. The maximum Gasteiger partial charge on any atom is 0.413 e. The molecule has 4 rings (SSSR count). The Balaban J connectivity index is 1.28. The number of nitrogens with one attached hydrogen (secondary N) is 2. The molecule has 3 aromatic rings. The summed E-state index contributed by atoms with van der Waals surface area (Å²) in [6, 6.07) is 16.1. The molecule has 10 heteroatoms. The lowest BCUT2D eigenvalue weighted by atomic mass is 9.98. The SMILES string of the molecule is O=C(O)COCCNC(=O)c1cnc(NC(=O)OCC2c3ccccc3-c3ccccc32)s1. The number of benzene rings is 2. The monoisotopic (exact) mass is 467 g/mol. The minimum Gasteiger partial charge on any atom is -0.480 e. The topological polar surface area (TPSA) is 127 Å². The number of hydrogen-bond donors (Lipinski definition) is 3. The van der Waals surface area contributed by atoms with Gasteiger partial charge in [-0.1, -0.05) is 59.9 Å². The van der Waals surface area contributed by atoms with Crippen molar-refractivity contribution in [3.63, 3.8) is 0 Å². The van der Waals surface area contributed by atoms with E-state index in [-0.39, 0.29) is 30.8 Å². The lowest BCUT2D eigenvalue weighted by molar-refractivity contribution is -0.142. The van der Waals surface area contributed by atoms with Crippen molar-refractivity contribution in [1.82, 2.24) is 10.3 Å². The Hall–Kier alpha value is -3.76. The van der Waals surface area contributed by atoms with Crippen LogP contribution < -0.4 is 10.6 Å². The minimum atomic E-state index is -1.08. The molecule has 2 aromatic carbocycles. The van der Waals surface area contributed by atoms with Gasteiger partial charge in [0.25, 0.3) is 5.91 Å². The van der Waals surface area contributed by atoms with E-state index in [9.17, 15) is 14.4 Å². The number of carbonyl (C=O) groups excluding carboxylic acids is 2. The Morgan fingerprint density at radius 3 is 2.36 bits per heavy atom. The van der Waals surface area contributed by atoms with Gasteiger partial charge in [0.15, 0.2) is 5.13 Å². The molecule has 1 heterocycles. The van der Waals surface area contributed by atoms with Gasteiger partial charge in [0.2, 0.25) is 0 Å². The van der Waals surface area contributed by atoms with Gasteiger partial charge in [-0.05, 0) is 22.3 Å². The molecule has 1 aliphatic rings. The first kappa shape index (κ1) is 22.4. The van der Waals surface area contributed by atoms with Crippen molar-refractivity contribution in [2.24, 2.45) is 0 Å². The van der Waals surface area contributed by atoms with Gasteiger partial charge < -0.3 is 19.9 Å². The summed E-state index contributed by atoms with van der Waals surface area (Å²) in [6.07, 6.45) is 0.692. The quantitative estimate of drug-likeness (QED) is 0.412. The number of ether oxygens (including phenoxy) is 2. The normalized spacial score (nSPS) is 12.0. The van der Waals surface area contributed by atoms with Crippen molar-refractivity contribution in [3.05, 3.63) is 70.7 Å². The highest BCUT2D eigenvalue weighted by molar-refractivity contribution is 7.17. The molecule has 0 saturated carbocycles. The van der Waals surface area contributed by atoms with Crippen LogP contribution in [0.4, 0.5) is 9.93 Å². The summed E-state index contributed by atoms with van der Waals surface area (Å²) < 4.78 is 10.3. The maximum atomic E-state index is 12.3. The lowest BCUT2D eigenvalue weighted by Gasteiger charge is -2.14. The average Bonchev–Trinajstić information content (AvgIpc) is 3.40. The first-order chi connectivity index (χ1) is 16.0. The number of fused-ring (bicyclic) bond motifs is 3. The third-order valence-electron chi connectivity index (χ3n) is 5.04. The molecule has 0 fully saturated rings. The molecule has 0 unspecified atom stereocenters. The van der Waals surface area contributed by atoms with Crippen molar-refractivity contribution in [2.45, 2.75) is 5.92 Å². The van der Waals surface area contributed by atoms with Gasteiger partial charge in [-0.2, -0.15) is 0 Å². The van der Waals surface area contributed by atoms with Gasteiger partial charge in [0.1, 0.15) is 18.1 Å². The smallest absolute Gasteiger partial charge is 0.413 e. The zero-order valence-corrected chi connectivity index (χ0v) is 18.3. The number of carbonyl (C=O) groups is 3. The predicted molar refractivity (Wildman–Crippen MR) is 122 cm³/mol. The molecule has 0 radical (unpaired) electrons. The van der Waals surface area contributed by atoms with E-state index in [4.69, 9.17) is 14.6 Å². The zero-order chi connectivity index (χ0) is 23.2. The fraction of sp³-hybridized carbons (Fsp3) is 0.217. The molecular formula is C23H21N3O6S. The van der Waals surface area contributed by atoms with Crippen LogP contribution in [-0.4, -0.2) is 54.4 Å². The van der Waals surface area contributed by atoms with Gasteiger partial charge >= 0.3 is 12.1 Å². The van der Waals surface area contributed by atoms with E-state index in [0.717, 1.165) is 33.6 Å². The van der Waals surface area contributed by atoms with Crippen molar-refractivity contribution in [3.8, 4) is 11.1 Å². The fourth-order valence-corrected chi connectivity index (χ4v) is 4.36. The van der Waals surface area contributed by atoms with E-state index in [0.29, 0.717) is 4.88 Å². The summed E-state index contributed by atoms with van der Waals surface area (Å²) in [6.45, 7) is -0.0274. The van der Waals surface area contributed by atoms with Crippen LogP contribution in [0.3, 0.4) is 0 Å². The van der Waals surface area contributed by atoms with Crippen molar-refractivity contribution >= 4 is 34.4 Å². The summed E-state index contributed by atoms with van der Waals surface area (Å²) >= 11 is 1.00. The highest BCUT2D eigenvalue weighted by Gasteiger charge is 2.29. The Morgan fingerprint density at radius 2 is 1.70 bits per heavy atom. The molecule has 33 heavy (non-hydrogen) atoms. The number of nitrogens with zero attached hydrogens (tertiary/aromatic N) is 1. The summed E-state index contributed by atoms with van der Waals surface area (Å²) in [7, 11) is 0. The standard InChI is InChI=1S/C23H21N3O6S/c27-20(28)13-31-10-9-24-21(29)19-11-25-22(33-19)26-23(30)32-12-18-16-7-3-1-5-14(16)15-6-2-4-8-17(15)18/h1-8,11,18H,9-10,12-13H2,(H,24,29)(H,27,28)(H,25,26,30). The number of hydrogen-bond acceptors (Lipinski definition) is 7. The van der Waals surface area contributed by atoms with E-state index < -0.39 is 24.6 Å². The van der Waals surface area contributed by atoms with E-state index in [1.54, 1.807) is 0 Å². The molecule has 1 aliphatic carbocycles. The summed E-state index contributed by atoms with van der Waals surface area (Å²) in [4.78, 5) is 39.2. The maximum absolute atomic E-state index is 12.3. The number of anilines is 1. The van der Waals surface area contributed by atoms with Crippen LogP contribution >= 0.6 is 11.3 Å². The van der Waals surface area contributed by atoms with Crippen LogP contribution in [0.1, 0.15) is 26.7 Å². The number of rotatable bonds is 9. The molecule has 1 aromatic heterocycles. The Labute approximate surface area is 193 Å². The second kappa shape index (κ2) is 10.2. The van der Waals surface area contributed by atoms with Crippen molar-refractivity contribution in [1.29, 1.82) is 0 Å². The highest BCUT2D eigenvalue weighted by Crippen LogP contribution is 2.44. The molecule has 2 amide bonds. The summed E-state index contributed by atoms with van der Waals surface area (Å²) in [5, 5.41) is 13.9. The van der Waals surface area contributed by atoms with Gasteiger partial charge in [-0.15, -0.1) is 0 Å². The molecule has 0 spiro atoms. The van der Waals surface area contributed by atoms with Gasteiger partial charge in [-0.3, -0.25) is 10.1 Å². The van der Waals surface area contributed by atoms with Crippen LogP contribution in [0, 0.1) is 0 Å². The molecule has 0 atom stereocenters. The number of aliphatic carboxylic acids is 1. The number of carboxylic acid groups (broad SMARTS) is 1. The van der Waals surface area contributed by atoms with Crippen LogP contribution in [0.5, 0.6) is 0 Å². The number of amides is 2. The molecule has 9 nitrogen and oxygen atoms in total. The summed E-state index contributed by atoms with van der Waals surface area (Å²) in [5.41, 5.74) is 4.52. The highest BCUT2D eigenvalue weighted by atomic mass is 32.1. The van der Waals surface area contributed by atoms with Crippen LogP contribution in [0.25, 0.3) is 11.1 Å². The summed E-state index contributed by atoms with van der Waals surface area (Å²) in [5.74, 6) is -1.52. The second-order valence-electron chi connectivity index (χ2n) is 7.18.